The van der Waals surface area contributed by atoms with E-state index in [4.69, 9.17) is 11.6 Å². The molecule has 0 atom stereocenters. The molecule has 0 saturated carbocycles. The van der Waals surface area contributed by atoms with Gasteiger partial charge >= 0.3 is 6.18 Å². The van der Waals surface area contributed by atoms with Crippen molar-refractivity contribution >= 4 is 29.1 Å². The summed E-state index contributed by atoms with van der Waals surface area (Å²) in [7, 11) is 0. The second kappa shape index (κ2) is 7.21. The highest BCUT2D eigenvalue weighted by Gasteiger charge is 2.37. The lowest BCUT2D eigenvalue weighted by molar-refractivity contribution is -0.139. The van der Waals surface area contributed by atoms with E-state index in [1.807, 2.05) is 6.92 Å². The number of nitrogens with one attached hydrogen (secondary N) is 2. The predicted octanol–water partition coefficient (Wildman–Crippen LogP) is 3.85. The van der Waals surface area contributed by atoms with E-state index >= 15 is 0 Å². The van der Waals surface area contributed by atoms with Gasteiger partial charge in [0.05, 0.1) is 16.3 Å². The molecule has 4 nitrogen and oxygen atoms in total. The predicted molar refractivity (Wildman–Crippen MR) is 82.2 cm³/mol. The molecule has 8 heteroatoms. The van der Waals surface area contributed by atoms with Gasteiger partial charge in [-0.05, 0) is 38.5 Å². The van der Waals surface area contributed by atoms with Gasteiger partial charge < -0.3 is 10.6 Å². The van der Waals surface area contributed by atoms with Gasteiger partial charge in [0, 0.05) is 6.54 Å². The third-order valence-corrected chi connectivity index (χ3v) is 3.54. The summed E-state index contributed by atoms with van der Waals surface area (Å²) in [6, 6.07) is 2.60. The van der Waals surface area contributed by atoms with Gasteiger partial charge in [-0.25, -0.2) is 0 Å². The largest absolute Gasteiger partial charge is 0.416 e. The van der Waals surface area contributed by atoms with Crippen LogP contribution in [0.25, 0.3) is 0 Å². The summed E-state index contributed by atoms with van der Waals surface area (Å²) < 4.78 is 38.2. The lowest BCUT2D eigenvalue weighted by Gasteiger charge is -2.23. The van der Waals surface area contributed by atoms with Crippen LogP contribution in [0.5, 0.6) is 0 Å². The van der Waals surface area contributed by atoms with Crippen molar-refractivity contribution < 1.29 is 22.8 Å². The third-order valence-electron chi connectivity index (χ3n) is 3.21. The molecule has 0 aliphatic rings. The summed E-state index contributed by atoms with van der Waals surface area (Å²) in [5, 5.41) is 4.82. The Kier molecular flexibility index (Phi) is 6.04. The van der Waals surface area contributed by atoms with E-state index in [2.05, 4.69) is 10.6 Å². The average Bonchev–Trinajstić information content (AvgIpc) is 2.45. The highest BCUT2D eigenvalue weighted by atomic mass is 35.5. The second-order valence-corrected chi connectivity index (χ2v) is 5.93. The minimum Gasteiger partial charge on any atom is -0.355 e. The van der Waals surface area contributed by atoms with Gasteiger partial charge in [-0.3, -0.25) is 9.59 Å². The molecule has 0 aliphatic carbocycles. The highest BCUT2D eigenvalue weighted by Crippen LogP contribution is 2.34. The number of hydrogen-bond donors (Lipinski definition) is 2. The first-order valence-electron chi connectivity index (χ1n) is 6.96. The van der Waals surface area contributed by atoms with E-state index in [0.29, 0.717) is 13.0 Å². The number of carbonyl (C=O) groups excluding carboxylic acids is 2. The number of benzene rings is 1. The van der Waals surface area contributed by atoms with Crippen LogP contribution in [0.4, 0.5) is 18.9 Å². The fourth-order valence-corrected chi connectivity index (χ4v) is 1.80. The lowest BCUT2D eigenvalue weighted by atomic mass is 9.91. The first kappa shape index (κ1) is 19.3. The smallest absolute Gasteiger partial charge is 0.355 e. The molecule has 0 heterocycles. The first-order chi connectivity index (χ1) is 10.5. The molecule has 1 aromatic rings. The fourth-order valence-electron chi connectivity index (χ4n) is 1.64. The van der Waals surface area contributed by atoms with Crippen molar-refractivity contribution in [2.75, 3.05) is 11.9 Å². The van der Waals surface area contributed by atoms with Crippen LogP contribution in [-0.4, -0.2) is 18.4 Å². The summed E-state index contributed by atoms with van der Waals surface area (Å²) in [6.45, 7) is 5.03. The SMILES string of the molecule is CCCNC(=O)C(C)(C)C(=O)Nc1cc(C(F)(F)F)ccc1Cl. The second-order valence-electron chi connectivity index (χ2n) is 5.53. The van der Waals surface area contributed by atoms with E-state index < -0.39 is 29.0 Å². The van der Waals surface area contributed by atoms with Crippen molar-refractivity contribution in [3.63, 3.8) is 0 Å². The molecule has 0 bridgehead atoms. The Morgan fingerprint density at radius 3 is 2.30 bits per heavy atom. The first-order valence-corrected chi connectivity index (χ1v) is 7.34. The van der Waals surface area contributed by atoms with Crippen molar-refractivity contribution in [2.45, 2.75) is 33.4 Å². The molecule has 0 saturated heterocycles. The van der Waals surface area contributed by atoms with Crippen molar-refractivity contribution in [3.05, 3.63) is 28.8 Å². The van der Waals surface area contributed by atoms with Crippen LogP contribution in [0, 0.1) is 5.41 Å². The molecule has 0 spiro atoms. The number of carbonyl (C=O) groups is 2. The molecule has 128 valence electrons. The van der Waals surface area contributed by atoms with E-state index in [-0.39, 0.29) is 10.7 Å². The molecule has 0 fully saturated rings. The third kappa shape index (κ3) is 4.86. The number of rotatable bonds is 5. The molecule has 23 heavy (non-hydrogen) atoms. The minimum atomic E-state index is -4.56. The van der Waals surface area contributed by atoms with Crippen LogP contribution < -0.4 is 10.6 Å². The van der Waals surface area contributed by atoms with Crippen LogP contribution in [0.1, 0.15) is 32.8 Å². The van der Waals surface area contributed by atoms with Crippen molar-refractivity contribution in [3.8, 4) is 0 Å². The maximum Gasteiger partial charge on any atom is 0.416 e. The Morgan fingerprint density at radius 2 is 1.78 bits per heavy atom. The molecule has 0 radical (unpaired) electrons. The number of amides is 2. The van der Waals surface area contributed by atoms with E-state index in [1.165, 1.54) is 13.8 Å². The Bertz CT molecular complexity index is 601. The quantitative estimate of drug-likeness (QED) is 0.792. The molecule has 0 unspecified atom stereocenters. The summed E-state index contributed by atoms with van der Waals surface area (Å²) in [6.07, 6.45) is -3.86. The molecule has 2 N–H and O–H groups in total. The van der Waals surface area contributed by atoms with Crippen LogP contribution in [-0.2, 0) is 15.8 Å². The standard InChI is InChI=1S/C15H18ClF3N2O2/c1-4-7-20-12(22)14(2,3)13(23)21-11-8-9(15(17,18)19)5-6-10(11)16/h5-6,8H,4,7H2,1-3H3,(H,20,22)(H,21,23). The zero-order chi connectivity index (χ0) is 17.8. The highest BCUT2D eigenvalue weighted by molar-refractivity contribution is 6.34. The Morgan fingerprint density at radius 1 is 1.17 bits per heavy atom. The average molecular weight is 351 g/mol. The van der Waals surface area contributed by atoms with Crippen LogP contribution in [0.2, 0.25) is 5.02 Å². The van der Waals surface area contributed by atoms with E-state index in [1.54, 1.807) is 0 Å². The molecular formula is C15H18ClF3N2O2. The van der Waals surface area contributed by atoms with Crippen molar-refractivity contribution in [1.82, 2.24) is 5.32 Å². The molecule has 2 amide bonds. The van der Waals surface area contributed by atoms with Crippen molar-refractivity contribution in [1.29, 1.82) is 0 Å². The van der Waals surface area contributed by atoms with Crippen LogP contribution in [0.3, 0.4) is 0 Å². The van der Waals surface area contributed by atoms with E-state index in [9.17, 15) is 22.8 Å². The van der Waals surface area contributed by atoms with Gasteiger partial charge in [0.25, 0.3) is 0 Å². The Labute approximate surface area is 137 Å². The zero-order valence-electron chi connectivity index (χ0n) is 13.0. The van der Waals surface area contributed by atoms with Gasteiger partial charge in [-0.15, -0.1) is 0 Å². The summed E-state index contributed by atoms with van der Waals surface area (Å²) in [5.74, 6) is -1.26. The number of alkyl halides is 3. The molecule has 1 rings (SSSR count). The van der Waals surface area contributed by atoms with Gasteiger partial charge in [0.2, 0.25) is 11.8 Å². The fraction of sp³-hybridized carbons (Fsp3) is 0.467. The van der Waals surface area contributed by atoms with E-state index in [0.717, 1.165) is 18.2 Å². The maximum atomic E-state index is 12.7. The lowest BCUT2D eigenvalue weighted by Crippen LogP contribution is -2.45. The Hall–Kier alpha value is -1.76. The Balaban J connectivity index is 2.98. The summed E-state index contributed by atoms with van der Waals surface area (Å²) >= 11 is 5.82. The summed E-state index contributed by atoms with van der Waals surface area (Å²) in [5.41, 5.74) is -2.58. The van der Waals surface area contributed by atoms with Crippen LogP contribution >= 0.6 is 11.6 Å². The minimum absolute atomic E-state index is 0.0453. The molecule has 0 aliphatic heterocycles. The zero-order valence-corrected chi connectivity index (χ0v) is 13.7. The monoisotopic (exact) mass is 350 g/mol. The number of hydrogen-bond acceptors (Lipinski definition) is 2. The van der Waals surface area contributed by atoms with Crippen LogP contribution in [0.15, 0.2) is 18.2 Å². The summed E-state index contributed by atoms with van der Waals surface area (Å²) in [4.78, 5) is 24.2. The topological polar surface area (TPSA) is 58.2 Å². The normalized spacial score (nSPS) is 12.0. The number of anilines is 1. The van der Waals surface area contributed by atoms with Crippen molar-refractivity contribution in [2.24, 2.45) is 5.41 Å². The maximum absolute atomic E-state index is 12.7. The van der Waals surface area contributed by atoms with Gasteiger partial charge in [0.15, 0.2) is 0 Å². The van der Waals surface area contributed by atoms with Gasteiger partial charge in [-0.1, -0.05) is 18.5 Å². The molecule has 1 aromatic carbocycles. The molecule has 0 aromatic heterocycles. The van der Waals surface area contributed by atoms with Gasteiger partial charge in [0.1, 0.15) is 5.41 Å². The molecular weight excluding hydrogens is 333 g/mol. The van der Waals surface area contributed by atoms with Gasteiger partial charge in [-0.2, -0.15) is 13.2 Å². The number of halogens is 4.